The minimum Gasteiger partial charge on any atom is -0.446 e. The Hall–Kier alpha value is 0.670. The van der Waals surface area contributed by atoms with Gasteiger partial charge in [-0.05, 0) is 13.8 Å². The first-order valence-corrected chi connectivity index (χ1v) is 9.03. The van der Waals surface area contributed by atoms with Crippen LogP contribution < -0.4 is 0 Å². The molecule has 0 aliphatic heterocycles. The molecule has 1 aromatic rings. The van der Waals surface area contributed by atoms with Crippen LogP contribution in [0.15, 0.2) is 4.42 Å². The maximum absolute atomic E-state index is 5.10. The predicted octanol–water partition coefficient (Wildman–Crippen LogP) is 3.37. The van der Waals surface area contributed by atoms with Gasteiger partial charge in [-0.15, -0.1) is 0 Å². The standard InChI is InChI=1S/C6H9NO.I2/c1-4-5(2)8-6(3)7-4;1-2/h1-3H3;. The minimum atomic E-state index is 0.750. The molecule has 1 rings (SSSR count). The predicted molar refractivity (Wildman–Crippen MR) is 58.8 cm³/mol. The molecule has 58 valence electrons. The van der Waals surface area contributed by atoms with Gasteiger partial charge in [0.15, 0.2) is 5.89 Å². The third kappa shape index (κ3) is 3.18. The summed E-state index contributed by atoms with van der Waals surface area (Å²) in [6, 6.07) is 0. The number of hydrogen-bond donors (Lipinski definition) is 0. The summed E-state index contributed by atoms with van der Waals surface area (Å²) in [5.74, 6) is 1.67. The van der Waals surface area contributed by atoms with Gasteiger partial charge in [0.05, 0.1) is 5.69 Å². The van der Waals surface area contributed by atoms with E-state index >= 15 is 0 Å². The van der Waals surface area contributed by atoms with E-state index < -0.39 is 0 Å². The van der Waals surface area contributed by atoms with Crippen molar-refractivity contribution < 1.29 is 4.42 Å². The molecule has 4 heteroatoms. The summed E-state index contributed by atoms with van der Waals surface area (Å²) in [6.07, 6.45) is 0. The van der Waals surface area contributed by atoms with E-state index in [-0.39, 0.29) is 0 Å². The highest BCUT2D eigenvalue weighted by molar-refractivity contribution is 15.0. The smallest absolute Gasteiger partial charge is 0.191 e. The van der Waals surface area contributed by atoms with Gasteiger partial charge in [0, 0.05) is 44.2 Å². The number of aryl methyl sites for hydroxylation is 3. The van der Waals surface area contributed by atoms with Gasteiger partial charge in [-0.1, -0.05) is 0 Å². The third-order valence-electron chi connectivity index (χ3n) is 1.14. The summed E-state index contributed by atoms with van der Waals surface area (Å²) in [4.78, 5) is 4.04. The van der Waals surface area contributed by atoms with Gasteiger partial charge in [-0.2, -0.15) is 0 Å². The summed E-state index contributed by atoms with van der Waals surface area (Å²) < 4.78 is 5.10. The Kier molecular flexibility index (Phi) is 5.69. The molecule has 0 saturated heterocycles. The molecule has 0 unspecified atom stereocenters. The number of hydrogen-bond acceptors (Lipinski definition) is 2. The van der Waals surface area contributed by atoms with E-state index in [4.69, 9.17) is 4.42 Å². The topological polar surface area (TPSA) is 26.0 Å². The van der Waals surface area contributed by atoms with Gasteiger partial charge in [0.25, 0.3) is 0 Å². The molecule has 0 aliphatic carbocycles. The lowest BCUT2D eigenvalue weighted by Crippen LogP contribution is -1.71. The number of oxazole rings is 1. The van der Waals surface area contributed by atoms with Crippen molar-refractivity contribution in [2.45, 2.75) is 20.8 Å². The molecule has 1 aromatic heterocycles. The van der Waals surface area contributed by atoms with Crippen LogP contribution in [-0.4, -0.2) is 4.98 Å². The lowest BCUT2D eigenvalue weighted by molar-refractivity contribution is 0.493. The monoisotopic (exact) mass is 365 g/mol. The van der Waals surface area contributed by atoms with Crippen molar-refractivity contribution in [1.29, 1.82) is 0 Å². The molecular formula is C6H9I2NO. The third-order valence-corrected chi connectivity index (χ3v) is 1.14. The van der Waals surface area contributed by atoms with Gasteiger partial charge < -0.3 is 4.42 Å². The molecule has 0 atom stereocenters. The van der Waals surface area contributed by atoms with E-state index in [1.54, 1.807) is 0 Å². The molecule has 0 spiro atoms. The van der Waals surface area contributed by atoms with Crippen LogP contribution >= 0.6 is 37.2 Å². The van der Waals surface area contributed by atoms with Crippen LogP contribution in [-0.2, 0) is 0 Å². The molecule has 2 nitrogen and oxygen atoms in total. The van der Waals surface area contributed by atoms with E-state index in [0.717, 1.165) is 17.3 Å². The lowest BCUT2D eigenvalue weighted by atomic mass is 10.4. The number of halogens is 2. The quantitative estimate of drug-likeness (QED) is 0.660. The van der Waals surface area contributed by atoms with Gasteiger partial charge in [-0.3, -0.25) is 0 Å². The Balaban J connectivity index is 0.000000371. The van der Waals surface area contributed by atoms with Gasteiger partial charge in [0.2, 0.25) is 0 Å². The Morgan fingerprint density at radius 3 is 1.80 bits per heavy atom. The molecule has 1 heterocycles. The largest absolute Gasteiger partial charge is 0.446 e. The second kappa shape index (κ2) is 5.34. The van der Waals surface area contributed by atoms with Gasteiger partial charge in [0.1, 0.15) is 5.76 Å². The first-order chi connectivity index (χ1) is 4.70. The normalized spacial score (nSPS) is 8.50. The Bertz CT molecular complexity index is 178. The van der Waals surface area contributed by atoms with Crippen molar-refractivity contribution in [1.82, 2.24) is 4.98 Å². The Morgan fingerprint density at radius 1 is 1.20 bits per heavy atom. The van der Waals surface area contributed by atoms with Gasteiger partial charge >= 0.3 is 0 Å². The van der Waals surface area contributed by atoms with Crippen molar-refractivity contribution >= 4 is 37.2 Å². The lowest BCUT2D eigenvalue weighted by Gasteiger charge is -1.77. The van der Waals surface area contributed by atoms with Crippen LogP contribution in [0, 0.1) is 20.8 Å². The van der Waals surface area contributed by atoms with E-state index in [1.807, 2.05) is 20.8 Å². The number of nitrogens with zero attached hydrogens (tertiary/aromatic N) is 1. The molecule has 0 aliphatic rings. The first kappa shape index (κ1) is 10.7. The summed E-state index contributed by atoms with van der Waals surface area (Å²) in [7, 11) is 0. The summed E-state index contributed by atoms with van der Waals surface area (Å²) in [5, 5.41) is 0. The van der Waals surface area contributed by atoms with Crippen molar-refractivity contribution in [3.63, 3.8) is 0 Å². The van der Waals surface area contributed by atoms with Crippen LogP contribution in [0.2, 0.25) is 0 Å². The zero-order valence-corrected chi connectivity index (χ0v) is 10.4. The second-order valence-corrected chi connectivity index (χ2v) is 1.87. The molecule has 0 aromatic carbocycles. The summed E-state index contributed by atoms with van der Waals surface area (Å²) in [6.45, 7) is 5.70. The van der Waals surface area contributed by atoms with Crippen molar-refractivity contribution in [2.24, 2.45) is 0 Å². The van der Waals surface area contributed by atoms with E-state index in [1.165, 1.54) is 0 Å². The van der Waals surface area contributed by atoms with Gasteiger partial charge in [-0.25, -0.2) is 4.98 Å². The maximum atomic E-state index is 5.10. The molecule has 0 amide bonds. The van der Waals surface area contributed by atoms with Crippen molar-refractivity contribution in [2.75, 3.05) is 0 Å². The maximum Gasteiger partial charge on any atom is 0.191 e. The summed E-state index contributed by atoms with van der Waals surface area (Å²) in [5.41, 5.74) is 0.988. The number of rotatable bonds is 0. The average Bonchev–Trinajstić information content (AvgIpc) is 2.16. The van der Waals surface area contributed by atoms with E-state index in [9.17, 15) is 0 Å². The molecule has 0 N–H and O–H groups in total. The highest BCUT2D eigenvalue weighted by Gasteiger charge is 1.97. The molecular weight excluding hydrogens is 356 g/mol. The fourth-order valence-corrected chi connectivity index (χ4v) is 0.633. The molecule has 0 saturated carbocycles. The Morgan fingerprint density at radius 2 is 1.70 bits per heavy atom. The molecule has 10 heavy (non-hydrogen) atoms. The second-order valence-electron chi connectivity index (χ2n) is 1.87. The SMILES string of the molecule is Cc1nc(C)c(C)o1.II. The fraction of sp³-hybridized carbons (Fsp3) is 0.500. The van der Waals surface area contributed by atoms with Crippen molar-refractivity contribution in [3.8, 4) is 0 Å². The minimum absolute atomic E-state index is 0.750. The zero-order valence-electron chi connectivity index (χ0n) is 6.11. The van der Waals surface area contributed by atoms with Crippen LogP contribution in [0.1, 0.15) is 17.3 Å². The van der Waals surface area contributed by atoms with E-state index in [0.29, 0.717) is 0 Å². The number of aromatic nitrogens is 1. The van der Waals surface area contributed by atoms with Crippen LogP contribution in [0.3, 0.4) is 0 Å². The van der Waals surface area contributed by atoms with Crippen molar-refractivity contribution in [3.05, 3.63) is 17.3 Å². The van der Waals surface area contributed by atoms with Crippen LogP contribution in [0.5, 0.6) is 0 Å². The van der Waals surface area contributed by atoms with Crippen LogP contribution in [0.25, 0.3) is 0 Å². The molecule has 0 radical (unpaired) electrons. The average molecular weight is 365 g/mol. The first-order valence-electron chi connectivity index (χ1n) is 2.75. The van der Waals surface area contributed by atoms with E-state index in [2.05, 4.69) is 42.2 Å². The summed E-state index contributed by atoms with van der Waals surface area (Å²) >= 11 is 4.24. The zero-order chi connectivity index (χ0) is 8.15. The highest BCUT2D eigenvalue weighted by atomic mass is 128. The fourth-order valence-electron chi connectivity index (χ4n) is 0.633. The molecule has 0 fully saturated rings. The van der Waals surface area contributed by atoms with Crippen LogP contribution in [0.4, 0.5) is 0 Å². The highest BCUT2D eigenvalue weighted by Crippen LogP contribution is 2.05. The Labute approximate surface area is 84.1 Å². The molecule has 0 bridgehead atoms.